The van der Waals surface area contributed by atoms with E-state index in [9.17, 15) is 23.3 Å². The molecule has 0 heterocycles. The molecule has 0 unspecified atom stereocenters. The summed E-state index contributed by atoms with van der Waals surface area (Å²) < 4.78 is 35.8. The molecule has 0 saturated carbocycles. The summed E-state index contributed by atoms with van der Waals surface area (Å²) in [6.45, 7) is 10.6. The molecule has 0 bridgehead atoms. The van der Waals surface area contributed by atoms with E-state index < -0.39 is 39.3 Å². The molecule has 0 aromatic heterocycles. The van der Waals surface area contributed by atoms with Crippen LogP contribution in [0.15, 0.2) is 71.6 Å². The molecule has 2 amide bonds. The second-order valence-electron chi connectivity index (χ2n) is 11.7. The molecule has 1 atom stereocenters. The topological polar surface area (TPSA) is 166 Å². The maximum atomic E-state index is 13.8. The van der Waals surface area contributed by atoms with Gasteiger partial charge in [-0.05, 0) is 89.1 Å². The van der Waals surface area contributed by atoms with Crippen LogP contribution in [-0.4, -0.2) is 37.7 Å². The van der Waals surface area contributed by atoms with Gasteiger partial charge in [0, 0.05) is 12.0 Å². The first kappa shape index (κ1) is 32.3. The third-order valence-electron chi connectivity index (χ3n) is 5.79. The number of sulfonamides is 1. The van der Waals surface area contributed by atoms with E-state index in [1.165, 1.54) is 18.2 Å². The number of carbonyl (C=O) groups is 2. The number of nitrogens with two attached hydrogens (primary N) is 2. The lowest BCUT2D eigenvalue weighted by Gasteiger charge is -2.28. The summed E-state index contributed by atoms with van der Waals surface area (Å²) in [5, 5.41) is 14.8. The minimum absolute atomic E-state index is 0.0289. The van der Waals surface area contributed by atoms with Crippen molar-refractivity contribution in [3.05, 3.63) is 77.9 Å². The fraction of sp³-hybridized carbons (Fsp3) is 0.323. The zero-order valence-corrected chi connectivity index (χ0v) is 25.4. The van der Waals surface area contributed by atoms with Gasteiger partial charge in [-0.25, -0.2) is 23.3 Å². The second kappa shape index (κ2) is 12.3. The Morgan fingerprint density at radius 1 is 0.952 bits per heavy atom. The number of hydrogen-bond donors (Lipinski definition) is 2. The molecule has 0 saturated heterocycles. The zero-order valence-electron chi connectivity index (χ0n) is 24.5. The number of rotatable bonds is 7. The Labute approximate surface area is 246 Å². The van der Waals surface area contributed by atoms with Crippen molar-refractivity contribution in [1.29, 1.82) is 5.26 Å². The molecule has 11 heteroatoms. The monoisotopic (exact) mass is 592 g/mol. The highest BCUT2D eigenvalue weighted by Gasteiger charge is 2.33. The summed E-state index contributed by atoms with van der Waals surface area (Å²) in [4.78, 5) is 27.9. The van der Waals surface area contributed by atoms with Crippen molar-refractivity contribution in [3.8, 4) is 22.9 Å². The first-order valence-electron chi connectivity index (χ1n) is 13.2. The molecule has 42 heavy (non-hydrogen) atoms. The Kier molecular flexibility index (Phi) is 9.47. The quantitative estimate of drug-likeness (QED) is 0.391. The molecular weight excluding hydrogens is 556 g/mol. The van der Waals surface area contributed by atoms with E-state index in [4.69, 9.17) is 20.3 Å². The Bertz CT molecular complexity index is 1610. The van der Waals surface area contributed by atoms with Crippen molar-refractivity contribution in [2.24, 2.45) is 10.9 Å². The van der Waals surface area contributed by atoms with Crippen molar-refractivity contribution in [3.63, 3.8) is 0 Å². The molecule has 3 aromatic rings. The van der Waals surface area contributed by atoms with Crippen LogP contribution in [0.5, 0.6) is 5.75 Å². The lowest BCUT2D eigenvalue weighted by atomic mass is 10.0. The van der Waals surface area contributed by atoms with Crippen molar-refractivity contribution in [2.75, 3.05) is 4.90 Å². The largest absolute Gasteiger partial charge is 0.488 e. The smallest absolute Gasteiger partial charge is 0.421 e. The van der Waals surface area contributed by atoms with E-state index in [1.54, 1.807) is 69.3 Å². The van der Waals surface area contributed by atoms with Crippen LogP contribution in [0.2, 0.25) is 0 Å². The van der Waals surface area contributed by atoms with Gasteiger partial charge in [-0.15, -0.1) is 0 Å². The Hall–Kier alpha value is -4.24. The number of anilines is 1. The van der Waals surface area contributed by atoms with Crippen molar-refractivity contribution in [1.82, 2.24) is 0 Å². The van der Waals surface area contributed by atoms with Crippen LogP contribution in [0.4, 0.5) is 10.5 Å². The average Bonchev–Trinajstić information content (AvgIpc) is 2.87. The molecule has 0 fully saturated rings. The number of carbonyl (C=O) groups excluding carboxylic acids is 2. The van der Waals surface area contributed by atoms with Crippen molar-refractivity contribution in [2.45, 2.75) is 70.1 Å². The van der Waals surface area contributed by atoms with Gasteiger partial charge in [-0.1, -0.05) is 30.3 Å². The summed E-state index contributed by atoms with van der Waals surface area (Å²) in [7, 11) is -4.00. The third kappa shape index (κ3) is 8.39. The van der Waals surface area contributed by atoms with Gasteiger partial charge in [-0.3, -0.25) is 4.79 Å². The fourth-order valence-corrected chi connectivity index (χ4v) is 4.86. The Balaban J connectivity index is 2.01. The van der Waals surface area contributed by atoms with Crippen LogP contribution in [0.3, 0.4) is 0 Å². The van der Waals surface area contributed by atoms with E-state index in [-0.39, 0.29) is 17.0 Å². The number of benzene rings is 3. The molecule has 3 rings (SSSR count). The molecule has 4 N–H and O–H groups in total. The van der Waals surface area contributed by atoms with Crippen LogP contribution in [0, 0.1) is 11.3 Å². The minimum Gasteiger partial charge on any atom is -0.488 e. The van der Waals surface area contributed by atoms with Gasteiger partial charge >= 0.3 is 6.09 Å². The minimum atomic E-state index is -4.00. The molecule has 0 aliphatic carbocycles. The van der Waals surface area contributed by atoms with Crippen LogP contribution < -0.4 is 20.5 Å². The van der Waals surface area contributed by atoms with Crippen LogP contribution in [0.25, 0.3) is 11.1 Å². The maximum Gasteiger partial charge on any atom is 0.421 e. The average molecular weight is 593 g/mol. The SMILES string of the molecule is CC(C)(C)OC(=O)N(C(=O)[C@@H](N)Cc1cc(C#N)ccc1OC(C)(C)C)c1ccc(-c2ccccc2S(N)(=O)=O)cc1. The zero-order chi connectivity index (χ0) is 31.5. The number of amides is 2. The summed E-state index contributed by atoms with van der Waals surface area (Å²) in [5.74, 6) is -0.280. The standard InChI is InChI=1S/C31H36N4O6S/c1-30(2,3)40-26-16-11-20(19-32)17-22(26)18-25(33)28(36)35(29(37)41-31(4,5)6)23-14-12-21(13-15-23)24-9-7-8-10-27(24)42(34,38)39/h7-17,25H,18,33H2,1-6H3,(H2,34,38,39)/t25-/m0/s1. The first-order chi connectivity index (χ1) is 19.4. The van der Waals surface area contributed by atoms with Crippen molar-refractivity contribution >= 4 is 27.7 Å². The van der Waals surface area contributed by atoms with Gasteiger partial charge in [0.2, 0.25) is 10.0 Å². The van der Waals surface area contributed by atoms with Crippen LogP contribution in [-0.2, 0) is 26.0 Å². The second-order valence-corrected chi connectivity index (χ2v) is 13.2. The lowest BCUT2D eigenvalue weighted by Crippen LogP contribution is -2.49. The molecule has 3 aromatic carbocycles. The van der Waals surface area contributed by atoms with Gasteiger partial charge < -0.3 is 15.2 Å². The molecule has 0 spiro atoms. The van der Waals surface area contributed by atoms with E-state index in [0.29, 0.717) is 28.0 Å². The van der Waals surface area contributed by atoms with Gasteiger partial charge in [0.1, 0.15) is 17.0 Å². The number of imide groups is 1. The molecule has 222 valence electrons. The molecule has 0 radical (unpaired) electrons. The number of nitriles is 1. The van der Waals surface area contributed by atoms with Gasteiger partial charge in [0.25, 0.3) is 5.91 Å². The van der Waals surface area contributed by atoms with Gasteiger partial charge in [-0.2, -0.15) is 5.26 Å². The van der Waals surface area contributed by atoms with Crippen LogP contribution >= 0.6 is 0 Å². The predicted octanol–water partition coefficient (Wildman–Crippen LogP) is 4.89. The van der Waals surface area contributed by atoms with E-state index in [0.717, 1.165) is 4.90 Å². The number of ether oxygens (including phenoxy) is 2. The number of nitrogens with zero attached hydrogens (tertiary/aromatic N) is 2. The first-order valence-corrected chi connectivity index (χ1v) is 14.7. The number of primary sulfonamides is 1. The normalized spacial score (nSPS) is 12.6. The highest BCUT2D eigenvalue weighted by molar-refractivity contribution is 7.89. The van der Waals surface area contributed by atoms with E-state index >= 15 is 0 Å². The third-order valence-corrected chi connectivity index (χ3v) is 6.76. The highest BCUT2D eigenvalue weighted by Crippen LogP contribution is 2.30. The summed E-state index contributed by atoms with van der Waals surface area (Å²) in [6.07, 6.45) is -0.962. The van der Waals surface area contributed by atoms with Gasteiger partial charge in [0.05, 0.1) is 28.3 Å². The Morgan fingerprint density at radius 3 is 2.12 bits per heavy atom. The lowest BCUT2D eigenvalue weighted by molar-refractivity contribution is -0.119. The maximum absolute atomic E-state index is 13.8. The van der Waals surface area contributed by atoms with E-state index in [2.05, 4.69) is 6.07 Å². The summed E-state index contributed by atoms with van der Waals surface area (Å²) in [6, 6.07) is 18.1. The Morgan fingerprint density at radius 2 is 1.57 bits per heavy atom. The summed E-state index contributed by atoms with van der Waals surface area (Å²) >= 11 is 0. The van der Waals surface area contributed by atoms with Crippen LogP contribution in [0.1, 0.15) is 52.7 Å². The van der Waals surface area contributed by atoms with Gasteiger partial charge in [0.15, 0.2) is 0 Å². The fourth-order valence-electron chi connectivity index (χ4n) is 4.10. The highest BCUT2D eigenvalue weighted by atomic mass is 32.2. The van der Waals surface area contributed by atoms with Crippen molar-refractivity contribution < 1.29 is 27.5 Å². The number of hydrogen-bond acceptors (Lipinski definition) is 8. The summed E-state index contributed by atoms with van der Waals surface area (Å²) in [5.41, 5.74) is 6.84. The molecular formula is C31H36N4O6S. The molecule has 0 aliphatic heterocycles. The predicted molar refractivity (Wildman–Crippen MR) is 160 cm³/mol. The molecule has 0 aliphatic rings. The molecule has 10 nitrogen and oxygen atoms in total. The van der Waals surface area contributed by atoms with E-state index in [1.807, 2.05) is 20.8 Å².